The van der Waals surface area contributed by atoms with E-state index in [9.17, 15) is 4.79 Å². The molecule has 0 bridgehead atoms. The van der Waals surface area contributed by atoms with Gasteiger partial charge in [0.15, 0.2) is 0 Å². The minimum absolute atomic E-state index is 0.200. The van der Waals surface area contributed by atoms with Crippen LogP contribution in [-0.4, -0.2) is 24.0 Å². The number of aromatic carboxylic acids is 1. The van der Waals surface area contributed by atoms with Crippen molar-refractivity contribution < 1.29 is 9.90 Å². The number of carboxylic acid groups (broad SMARTS) is 1. The number of nitrogens with two attached hydrogens (primary N) is 1. The van der Waals surface area contributed by atoms with Crippen LogP contribution in [0.5, 0.6) is 0 Å². The lowest BCUT2D eigenvalue weighted by atomic mass is 10.1. The van der Waals surface area contributed by atoms with Crippen molar-refractivity contribution in [1.29, 1.82) is 0 Å². The van der Waals surface area contributed by atoms with Crippen LogP contribution in [0.25, 0.3) is 0 Å². The number of anilines is 1. The van der Waals surface area contributed by atoms with Gasteiger partial charge in [0.25, 0.3) is 0 Å². The van der Waals surface area contributed by atoms with Crippen molar-refractivity contribution in [2.45, 2.75) is 0 Å². The number of hydrogen-bond donors (Lipinski definition) is 3. The van der Waals surface area contributed by atoms with Gasteiger partial charge in [0.1, 0.15) is 5.84 Å². The van der Waals surface area contributed by atoms with E-state index in [1.165, 1.54) is 12.1 Å². The smallest absolute Gasteiger partial charge is 0.335 e. The first-order chi connectivity index (χ1) is 10.0. The molecular weight excluding hydrogens is 290 g/mol. The summed E-state index contributed by atoms with van der Waals surface area (Å²) >= 11 is 5.97. The van der Waals surface area contributed by atoms with Crippen molar-refractivity contribution in [1.82, 2.24) is 0 Å². The van der Waals surface area contributed by atoms with Crippen LogP contribution < -0.4 is 11.1 Å². The van der Waals surface area contributed by atoms with Crippen LogP contribution in [0.15, 0.2) is 47.5 Å². The zero-order chi connectivity index (χ0) is 15.4. The summed E-state index contributed by atoms with van der Waals surface area (Å²) in [6.07, 6.45) is 0. The summed E-state index contributed by atoms with van der Waals surface area (Å²) in [6.45, 7) is 0. The van der Waals surface area contributed by atoms with Crippen LogP contribution >= 0.6 is 11.6 Å². The molecule has 21 heavy (non-hydrogen) atoms. The molecule has 0 saturated carbocycles. The highest BCUT2D eigenvalue weighted by atomic mass is 35.5. The fourth-order valence-corrected chi connectivity index (χ4v) is 2.00. The maximum atomic E-state index is 10.8. The Morgan fingerprint density at radius 3 is 2.48 bits per heavy atom. The first kappa shape index (κ1) is 14.9. The van der Waals surface area contributed by atoms with Crippen molar-refractivity contribution in [3.8, 4) is 0 Å². The van der Waals surface area contributed by atoms with Crippen LogP contribution in [0.4, 0.5) is 11.4 Å². The summed E-state index contributed by atoms with van der Waals surface area (Å²) in [5.41, 5.74) is 8.27. The Hall–Kier alpha value is -2.53. The van der Waals surface area contributed by atoms with Gasteiger partial charge in [-0.1, -0.05) is 11.6 Å². The molecule has 0 amide bonds. The van der Waals surface area contributed by atoms with Gasteiger partial charge >= 0.3 is 5.97 Å². The molecule has 0 fully saturated rings. The van der Waals surface area contributed by atoms with Gasteiger partial charge in [-0.05, 0) is 42.5 Å². The van der Waals surface area contributed by atoms with Crippen molar-refractivity contribution in [2.24, 2.45) is 10.7 Å². The minimum atomic E-state index is -0.981. The van der Waals surface area contributed by atoms with Gasteiger partial charge in [-0.25, -0.2) is 9.79 Å². The van der Waals surface area contributed by atoms with Gasteiger partial charge in [0, 0.05) is 23.3 Å². The summed E-state index contributed by atoms with van der Waals surface area (Å²) in [5, 5.41) is 12.4. The Labute approximate surface area is 127 Å². The molecule has 0 radical (unpaired) electrons. The number of carbonyl (C=O) groups is 1. The van der Waals surface area contributed by atoms with E-state index in [1.54, 1.807) is 31.3 Å². The van der Waals surface area contributed by atoms with Gasteiger partial charge in [0.2, 0.25) is 0 Å². The van der Waals surface area contributed by atoms with Crippen molar-refractivity contribution in [2.75, 3.05) is 12.4 Å². The van der Waals surface area contributed by atoms with E-state index >= 15 is 0 Å². The average molecular weight is 304 g/mol. The molecule has 0 aliphatic carbocycles. The van der Waals surface area contributed by atoms with Crippen molar-refractivity contribution >= 4 is 34.8 Å². The largest absolute Gasteiger partial charge is 0.478 e. The predicted molar refractivity (Wildman–Crippen MR) is 84.8 cm³/mol. The third-order valence-corrected chi connectivity index (χ3v) is 3.13. The molecule has 2 rings (SSSR count). The molecule has 4 N–H and O–H groups in total. The van der Waals surface area contributed by atoms with Crippen LogP contribution in [0.2, 0.25) is 5.02 Å². The standard InChI is InChI=1S/C15H14ClN3O2/c1-18-13-7-4-10(16)8-12(13)14(17)19-11-5-2-9(3-6-11)15(20)21/h2-8,18H,1H3,(H2,17,19)(H,20,21). The molecule has 2 aromatic rings. The van der Waals surface area contributed by atoms with Crippen LogP contribution in [0.1, 0.15) is 15.9 Å². The zero-order valence-corrected chi connectivity index (χ0v) is 12.1. The van der Waals surface area contributed by atoms with E-state index in [-0.39, 0.29) is 5.56 Å². The highest BCUT2D eigenvalue weighted by molar-refractivity contribution is 6.31. The van der Waals surface area contributed by atoms with Crippen molar-refractivity contribution in [3.05, 3.63) is 58.6 Å². The van der Waals surface area contributed by atoms with E-state index in [0.29, 0.717) is 22.1 Å². The van der Waals surface area contributed by atoms with E-state index in [1.807, 2.05) is 6.07 Å². The van der Waals surface area contributed by atoms with E-state index in [2.05, 4.69) is 10.3 Å². The molecule has 0 aliphatic rings. The van der Waals surface area contributed by atoms with Gasteiger partial charge in [-0.2, -0.15) is 0 Å². The van der Waals surface area contributed by atoms with Gasteiger partial charge in [0.05, 0.1) is 11.3 Å². The number of amidine groups is 1. The fraction of sp³-hybridized carbons (Fsp3) is 0.0667. The summed E-state index contributed by atoms with van der Waals surface area (Å²) in [6, 6.07) is 11.4. The molecule has 2 aromatic carbocycles. The molecule has 0 saturated heterocycles. The van der Waals surface area contributed by atoms with Gasteiger partial charge < -0.3 is 16.2 Å². The molecule has 0 aliphatic heterocycles. The number of aliphatic imine (C=N–C) groups is 1. The minimum Gasteiger partial charge on any atom is -0.478 e. The Balaban J connectivity index is 2.36. The monoisotopic (exact) mass is 303 g/mol. The lowest BCUT2D eigenvalue weighted by molar-refractivity contribution is 0.0697. The first-order valence-electron chi connectivity index (χ1n) is 6.16. The normalized spacial score (nSPS) is 11.2. The Morgan fingerprint density at radius 2 is 1.90 bits per heavy atom. The summed E-state index contributed by atoms with van der Waals surface area (Å²) < 4.78 is 0. The van der Waals surface area contributed by atoms with E-state index in [0.717, 1.165) is 5.69 Å². The third-order valence-electron chi connectivity index (χ3n) is 2.89. The predicted octanol–water partition coefficient (Wildman–Crippen LogP) is 3.12. The first-order valence-corrected chi connectivity index (χ1v) is 6.54. The number of rotatable bonds is 4. The second-order valence-electron chi connectivity index (χ2n) is 4.29. The number of hydrogen-bond acceptors (Lipinski definition) is 3. The molecular formula is C15H14ClN3O2. The Kier molecular flexibility index (Phi) is 4.45. The molecule has 0 unspecified atom stereocenters. The lowest BCUT2D eigenvalue weighted by Crippen LogP contribution is -2.15. The molecule has 6 heteroatoms. The quantitative estimate of drug-likeness (QED) is 0.598. The van der Waals surface area contributed by atoms with Crippen LogP contribution in [0, 0.1) is 0 Å². The molecule has 0 atom stereocenters. The molecule has 5 nitrogen and oxygen atoms in total. The van der Waals surface area contributed by atoms with Crippen LogP contribution in [0.3, 0.4) is 0 Å². The summed E-state index contributed by atoms with van der Waals surface area (Å²) in [5.74, 6) is -0.685. The second kappa shape index (κ2) is 6.28. The molecule has 0 heterocycles. The molecule has 108 valence electrons. The van der Waals surface area contributed by atoms with Gasteiger partial charge in [-0.3, -0.25) is 0 Å². The SMILES string of the molecule is CNc1ccc(Cl)cc1C(N)=Nc1ccc(C(=O)O)cc1. The average Bonchev–Trinajstić information content (AvgIpc) is 2.47. The highest BCUT2D eigenvalue weighted by Gasteiger charge is 2.07. The maximum absolute atomic E-state index is 10.8. The number of halogens is 1. The lowest BCUT2D eigenvalue weighted by Gasteiger charge is -2.09. The second-order valence-corrected chi connectivity index (χ2v) is 4.73. The van der Waals surface area contributed by atoms with Crippen LogP contribution in [-0.2, 0) is 0 Å². The van der Waals surface area contributed by atoms with Gasteiger partial charge in [-0.15, -0.1) is 0 Å². The Morgan fingerprint density at radius 1 is 1.24 bits per heavy atom. The number of nitrogens with one attached hydrogen (secondary N) is 1. The highest BCUT2D eigenvalue weighted by Crippen LogP contribution is 2.22. The fourth-order valence-electron chi connectivity index (χ4n) is 1.82. The van der Waals surface area contributed by atoms with E-state index in [4.69, 9.17) is 22.4 Å². The third kappa shape index (κ3) is 3.52. The molecule has 0 spiro atoms. The number of carboxylic acids is 1. The molecule has 0 aromatic heterocycles. The Bertz CT molecular complexity index is 697. The van der Waals surface area contributed by atoms with E-state index < -0.39 is 5.97 Å². The topological polar surface area (TPSA) is 87.7 Å². The van der Waals surface area contributed by atoms with Crippen molar-refractivity contribution in [3.63, 3.8) is 0 Å². The maximum Gasteiger partial charge on any atom is 0.335 e. The summed E-state index contributed by atoms with van der Waals surface area (Å²) in [4.78, 5) is 15.1. The number of benzene rings is 2. The number of nitrogens with zero attached hydrogens (tertiary/aromatic N) is 1. The summed E-state index contributed by atoms with van der Waals surface area (Å²) in [7, 11) is 1.78. The zero-order valence-electron chi connectivity index (χ0n) is 11.3.